The second-order valence-corrected chi connectivity index (χ2v) is 7.46. The fourth-order valence-corrected chi connectivity index (χ4v) is 1.07. The predicted octanol–water partition coefficient (Wildman–Crippen LogP) is 4.40. The summed E-state index contributed by atoms with van der Waals surface area (Å²) in [6, 6.07) is 20.5. The van der Waals surface area contributed by atoms with Crippen LogP contribution in [0.3, 0.4) is 0 Å². The second kappa shape index (κ2) is 14.4. The van der Waals surface area contributed by atoms with Gasteiger partial charge in [0.05, 0.1) is 0 Å². The van der Waals surface area contributed by atoms with Gasteiger partial charge in [0, 0.05) is 21.4 Å². The van der Waals surface area contributed by atoms with E-state index in [1.165, 1.54) is 11.1 Å². The Bertz CT molecular complexity index is 542. The van der Waals surface area contributed by atoms with Crippen LogP contribution in [-0.4, -0.2) is 20.0 Å². The van der Waals surface area contributed by atoms with Crippen molar-refractivity contribution in [3.8, 4) is 0 Å². The molecule has 0 radical (unpaired) electrons. The first-order valence-electron chi connectivity index (χ1n) is 5.96. The van der Waals surface area contributed by atoms with E-state index >= 15 is 0 Å². The lowest BCUT2D eigenvalue weighted by Gasteiger charge is -1.82. The monoisotopic (exact) mass is 364 g/mol. The van der Waals surface area contributed by atoms with Gasteiger partial charge < -0.3 is 5.11 Å². The predicted molar refractivity (Wildman–Crippen MR) is 91.7 cm³/mol. The van der Waals surface area contributed by atoms with Gasteiger partial charge >= 0.3 is 8.26 Å². The SMILES string of the molecule is Cc1ccccc1.Cc1ccccc1.O=CO.O=S(=O)(Cl)Cl. The summed E-state index contributed by atoms with van der Waals surface area (Å²) in [7, 11) is 4.81. The molecule has 0 saturated carbocycles. The Labute approximate surface area is 140 Å². The van der Waals surface area contributed by atoms with Gasteiger partial charge in [0.15, 0.2) is 0 Å². The summed E-state index contributed by atoms with van der Waals surface area (Å²) >= 11 is 0. The highest BCUT2D eigenvalue weighted by Gasteiger charge is 1.88. The van der Waals surface area contributed by atoms with E-state index < -0.39 is 8.26 Å². The van der Waals surface area contributed by atoms with Gasteiger partial charge in [0.1, 0.15) is 0 Å². The summed E-state index contributed by atoms with van der Waals surface area (Å²) in [5.74, 6) is 0. The maximum absolute atomic E-state index is 9.16. The molecule has 0 unspecified atom stereocenters. The van der Waals surface area contributed by atoms with Crippen molar-refractivity contribution in [1.82, 2.24) is 0 Å². The van der Waals surface area contributed by atoms with Crippen molar-refractivity contribution in [1.29, 1.82) is 0 Å². The van der Waals surface area contributed by atoms with Crippen LogP contribution in [0.25, 0.3) is 0 Å². The zero-order chi connectivity index (χ0) is 17.4. The first kappa shape index (κ1) is 22.7. The van der Waals surface area contributed by atoms with Crippen molar-refractivity contribution in [2.75, 3.05) is 0 Å². The van der Waals surface area contributed by atoms with E-state index in [2.05, 4.69) is 59.5 Å². The minimum Gasteiger partial charge on any atom is -0.483 e. The number of hydrogen-bond donors (Lipinski definition) is 1. The number of carbonyl (C=O) groups is 1. The first-order chi connectivity index (χ1) is 10.2. The van der Waals surface area contributed by atoms with Crippen LogP contribution >= 0.6 is 21.4 Å². The summed E-state index contributed by atoms with van der Waals surface area (Å²) in [6.45, 7) is 3.92. The molecule has 2 aromatic carbocycles. The van der Waals surface area contributed by atoms with Gasteiger partial charge in [-0.05, 0) is 13.8 Å². The van der Waals surface area contributed by atoms with Crippen LogP contribution in [0.2, 0.25) is 0 Å². The summed E-state index contributed by atoms with van der Waals surface area (Å²) in [5.41, 5.74) is 2.64. The second-order valence-electron chi connectivity index (χ2n) is 3.79. The van der Waals surface area contributed by atoms with E-state index in [9.17, 15) is 0 Å². The largest absolute Gasteiger partial charge is 0.483 e. The van der Waals surface area contributed by atoms with Gasteiger partial charge in [-0.1, -0.05) is 71.8 Å². The van der Waals surface area contributed by atoms with Crippen molar-refractivity contribution in [3.63, 3.8) is 0 Å². The van der Waals surface area contributed by atoms with Crippen LogP contribution in [-0.2, 0) is 13.1 Å². The fourth-order valence-electron chi connectivity index (χ4n) is 1.07. The van der Waals surface area contributed by atoms with Crippen molar-refractivity contribution < 1.29 is 18.3 Å². The highest BCUT2D eigenvalue weighted by Crippen LogP contribution is 1.98. The Hall–Kier alpha value is -1.56. The average molecular weight is 365 g/mol. The Morgan fingerprint density at radius 3 is 1.09 bits per heavy atom. The van der Waals surface area contributed by atoms with Crippen LogP contribution in [0, 0.1) is 13.8 Å². The number of carboxylic acid groups (broad SMARTS) is 1. The quantitative estimate of drug-likeness (QED) is 0.555. The molecule has 4 nitrogen and oxygen atoms in total. The Kier molecular flexibility index (Phi) is 14.8. The molecule has 122 valence electrons. The van der Waals surface area contributed by atoms with Gasteiger partial charge in [0.25, 0.3) is 6.47 Å². The molecular weight excluding hydrogens is 347 g/mol. The molecule has 2 aromatic rings. The summed E-state index contributed by atoms with van der Waals surface area (Å²) in [6.07, 6.45) is 0. The molecule has 22 heavy (non-hydrogen) atoms. The van der Waals surface area contributed by atoms with E-state index in [1.807, 2.05) is 36.4 Å². The van der Waals surface area contributed by atoms with Gasteiger partial charge in [-0.25, -0.2) is 0 Å². The zero-order valence-electron chi connectivity index (χ0n) is 12.2. The lowest BCUT2D eigenvalue weighted by molar-refractivity contribution is -0.122. The van der Waals surface area contributed by atoms with Gasteiger partial charge in [-0.15, -0.1) is 0 Å². The van der Waals surface area contributed by atoms with Crippen LogP contribution in [0.5, 0.6) is 0 Å². The third kappa shape index (κ3) is 26.9. The van der Waals surface area contributed by atoms with Crippen LogP contribution in [0.4, 0.5) is 0 Å². The molecule has 2 rings (SSSR count). The molecule has 0 fully saturated rings. The van der Waals surface area contributed by atoms with Crippen LogP contribution < -0.4 is 0 Å². The molecule has 0 aliphatic rings. The van der Waals surface area contributed by atoms with Crippen LogP contribution in [0.15, 0.2) is 60.7 Å². The number of benzene rings is 2. The molecule has 0 saturated heterocycles. The molecule has 0 aromatic heterocycles. The number of rotatable bonds is 0. The lowest BCUT2D eigenvalue weighted by Crippen LogP contribution is -1.63. The number of halogens is 2. The van der Waals surface area contributed by atoms with Crippen molar-refractivity contribution in [3.05, 3.63) is 71.8 Å². The highest BCUT2D eigenvalue weighted by molar-refractivity contribution is 8.31. The van der Waals surface area contributed by atoms with E-state index in [0.29, 0.717) is 0 Å². The maximum atomic E-state index is 9.16. The van der Waals surface area contributed by atoms with Gasteiger partial charge in [0.2, 0.25) is 0 Å². The Morgan fingerprint density at radius 2 is 1.00 bits per heavy atom. The van der Waals surface area contributed by atoms with E-state index in [4.69, 9.17) is 18.3 Å². The molecule has 0 amide bonds. The number of hydrogen-bond acceptors (Lipinski definition) is 3. The van der Waals surface area contributed by atoms with Gasteiger partial charge in [-0.2, -0.15) is 8.42 Å². The van der Waals surface area contributed by atoms with E-state index in [1.54, 1.807) is 0 Å². The Balaban J connectivity index is 0. The van der Waals surface area contributed by atoms with Gasteiger partial charge in [-0.3, -0.25) is 4.79 Å². The molecule has 0 atom stereocenters. The topological polar surface area (TPSA) is 71.4 Å². The molecule has 7 heteroatoms. The van der Waals surface area contributed by atoms with Crippen LogP contribution in [0.1, 0.15) is 11.1 Å². The molecule has 0 aliphatic heterocycles. The number of aryl methyl sites for hydroxylation is 2. The third-order valence-corrected chi connectivity index (χ3v) is 1.88. The molecule has 0 spiro atoms. The molecular formula is C15H18Cl2O4S. The summed E-state index contributed by atoms with van der Waals surface area (Å²) in [4.78, 5) is 8.36. The molecule has 0 aliphatic carbocycles. The summed E-state index contributed by atoms with van der Waals surface area (Å²) in [5, 5.41) is 6.89. The average Bonchev–Trinajstić information content (AvgIpc) is 2.40. The zero-order valence-corrected chi connectivity index (χ0v) is 14.5. The fraction of sp³-hybridized carbons (Fsp3) is 0.133. The molecule has 0 bridgehead atoms. The maximum Gasteiger partial charge on any atom is 0.317 e. The standard InChI is InChI=1S/2C7H8.CH2O2.Cl2O2S/c2*1-7-5-3-2-4-6-7;2-1-3;1-5(2,3)4/h2*2-6H,1H3;1H,(H,2,3);. The minimum absolute atomic E-state index is 0.250. The smallest absolute Gasteiger partial charge is 0.317 e. The third-order valence-electron chi connectivity index (χ3n) is 1.88. The van der Waals surface area contributed by atoms with E-state index in [0.717, 1.165) is 0 Å². The molecule has 0 heterocycles. The molecule has 1 N–H and O–H groups in total. The van der Waals surface area contributed by atoms with Crippen molar-refractivity contribution in [2.24, 2.45) is 0 Å². The highest BCUT2D eigenvalue weighted by atomic mass is 36.0. The normalized spacial score (nSPS) is 8.73. The Morgan fingerprint density at radius 1 is 0.818 bits per heavy atom. The van der Waals surface area contributed by atoms with Crippen molar-refractivity contribution in [2.45, 2.75) is 13.8 Å². The van der Waals surface area contributed by atoms with E-state index in [-0.39, 0.29) is 6.47 Å². The minimum atomic E-state index is -3.72. The first-order valence-corrected chi connectivity index (χ1v) is 9.09. The van der Waals surface area contributed by atoms with Crippen molar-refractivity contribution >= 4 is 36.1 Å². The summed E-state index contributed by atoms with van der Waals surface area (Å²) < 4.78 is 18.3. The lowest BCUT2D eigenvalue weighted by atomic mass is 10.2.